The molecule has 2 N–H and O–H groups in total. The van der Waals surface area contributed by atoms with Crippen LogP contribution in [-0.4, -0.2) is 12.1 Å². The molecule has 0 bridgehead atoms. The van der Waals surface area contributed by atoms with Gasteiger partial charge in [-0.2, -0.15) is 0 Å². The number of rotatable bonds is 3. The number of oxazole rings is 1. The van der Waals surface area contributed by atoms with Crippen molar-refractivity contribution >= 4 is 0 Å². The van der Waals surface area contributed by atoms with Gasteiger partial charge in [0.2, 0.25) is 5.89 Å². The number of aryl methyl sites for hydroxylation is 1. The molecule has 0 fully saturated rings. The van der Waals surface area contributed by atoms with E-state index in [1.807, 2.05) is 13.0 Å². The van der Waals surface area contributed by atoms with E-state index in [9.17, 15) is 0 Å². The van der Waals surface area contributed by atoms with Crippen LogP contribution in [0, 0.1) is 6.92 Å². The smallest absolute Gasteiger partial charge is 0.208 e. The number of hydrogen-bond acceptors (Lipinski definition) is 4. The van der Waals surface area contributed by atoms with Crippen molar-refractivity contribution in [2.75, 3.05) is 7.11 Å². The topological polar surface area (TPSA) is 61.3 Å². The molecule has 1 aromatic carbocycles. The number of ether oxygens (including phenoxy) is 1. The molecule has 108 valence electrons. The molecule has 0 atom stereocenters. The summed E-state index contributed by atoms with van der Waals surface area (Å²) >= 11 is 0. The summed E-state index contributed by atoms with van der Waals surface area (Å²) < 4.78 is 11.2. The molecular weight excluding hydrogens is 252 g/mol. The average molecular weight is 274 g/mol. The van der Waals surface area contributed by atoms with Gasteiger partial charge in [-0.15, -0.1) is 0 Å². The molecule has 4 nitrogen and oxygen atoms in total. The number of nitrogens with two attached hydrogens (primary N) is 1. The van der Waals surface area contributed by atoms with E-state index in [0.717, 1.165) is 28.2 Å². The first-order valence-electron chi connectivity index (χ1n) is 6.71. The lowest BCUT2D eigenvalue weighted by Gasteiger charge is -2.23. The highest BCUT2D eigenvalue weighted by Gasteiger charge is 2.22. The van der Waals surface area contributed by atoms with Crippen LogP contribution in [0.15, 0.2) is 22.7 Å². The summed E-state index contributed by atoms with van der Waals surface area (Å²) in [6.45, 7) is 8.83. The van der Waals surface area contributed by atoms with Crippen LogP contribution >= 0.6 is 0 Å². The van der Waals surface area contributed by atoms with Crippen molar-refractivity contribution in [3.8, 4) is 17.1 Å². The second-order valence-electron chi connectivity index (χ2n) is 5.94. The highest BCUT2D eigenvalue weighted by molar-refractivity contribution is 5.65. The molecule has 0 radical (unpaired) electrons. The van der Waals surface area contributed by atoms with Gasteiger partial charge in [0.25, 0.3) is 0 Å². The van der Waals surface area contributed by atoms with Gasteiger partial charge in [-0.3, -0.25) is 0 Å². The minimum Gasteiger partial charge on any atom is -0.496 e. The van der Waals surface area contributed by atoms with Gasteiger partial charge in [-0.05, 0) is 30.0 Å². The first-order valence-corrected chi connectivity index (χ1v) is 6.71. The summed E-state index contributed by atoms with van der Waals surface area (Å²) in [6, 6.07) is 4.16. The summed E-state index contributed by atoms with van der Waals surface area (Å²) in [5.74, 6) is 2.20. The molecule has 0 aliphatic heterocycles. The van der Waals surface area contributed by atoms with E-state index in [4.69, 9.17) is 14.9 Å². The largest absolute Gasteiger partial charge is 0.496 e. The molecule has 0 aliphatic rings. The summed E-state index contributed by atoms with van der Waals surface area (Å²) in [4.78, 5) is 4.16. The lowest BCUT2D eigenvalue weighted by Crippen LogP contribution is -2.13. The summed E-state index contributed by atoms with van der Waals surface area (Å²) in [7, 11) is 1.70. The fraction of sp³-hybridized carbons (Fsp3) is 0.438. The lowest BCUT2D eigenvalue weighted by atomic mass is 9.84. The minimum atomic E-state index is -0.00941. The van der Waals surface area contributed by atoms with Crippen molar-refractivity contribution in [1.29, 1.82) is 0 Å². The van der Waals surface area contributed by atoms with Crippen molar-refractivity contribution in [1.82, 2.24) is 4.98 Å². The molecular formula is C16H22N2O2. The molecule has 1 aromatic heterocycles. The number of nitrogens with zero attached hydrogens (tertiary/aromatic N) is 1. The highest BCUT2D eigenvalue weighted by atomic mass is 16.5. The van der Waals surface area contributed by atoms with Crippen LogP contribution in [0.3, 0.4) is 0 Å². The zero-order valence-electron chi connectivity index (χ0n) is 12.8. The summed E-state index contributed by atoms with van der Waals surface area (Å²) in [5.41, 5.74) is 8.81. The Labute approximate surface area is 120 Å². The highest BCUT2D eigenvalue weighted by Crippen LogP contribution is 2.37. The molecule has 0 saturated carbocycles. The van der Waals surface area contributed by atoms with Crippen LogP contribution in [0.5, 0.6) is 5.75 Å². The lowest BCUT2D eigenvalue weighted by molar-refractivity contribution is 0.397. The van der Waals surface area contributed by atoms with Crippen LogP contribution in [0.25, 0.3) is 11.3 Å². The van der Waals surface area contributed by atoms with Crippen LogP contribution in [-0.2, 0) is 12.0 Å². The standard InChI is InChI=1S/C16H22N2O2/c1-10-6-13(19-5)12(16(2,3)4)7-11(10)14-9-18-15(8-17)20-14/h6-7,9H,8,17H2,1-5H3. The van der Waals surface area contributed by atoms with Gasteiger partial charge in [0.15, 0.2) is 5.76 Å². The molecule has 0 saturated heterocycles. The molecule has 2 rings (SSSR count). The summed E-state index contributed by atoms with van der Waals surface area (Å²) in [6.07, 6.45) is 1.73. The van der Waals surface area contributed by atoms with E-state index in [1.165, 1.54) is 0 Å². The molecule has 1 heterocycles. The average Bonchev–Trinajstić information content (AvgIpc) is 2.85. The Morgan fingerprint density at radius 2 is 2.00 bits per heavy atom. The fourth-order valence-electron chi connectivity index (χ4n) is 2.23. The van der Waals surface area contributed by atoms with Crippen LogP contribution in [0.4, 0.5) is 0 Å². The number of methoxy groups -OCH3 is 1. The van der Waals surface area contributed by atoms with Crippen molar-refractivity contribution in [3.05, 3.63) is 35.3 Å². The molecule has 0 aliphatic carbocycles. The zero-order chi connectivity index (χ0) is 14.9. The van der Waals surface area contributed by atoms with Gasteiger partial charge >= 0.3 is 0 Å². The monoisotopic (exact) mass is 274 g/mol. The normalized spacial score (nSPS) is 11.7. The third-order valence-corrected chi connectivity index (χ3v) is 3.35. The van der Waals surface area contributed by atoms with Crippen molar-refractivity contribution < 1.29 is 9.15 Å². The predicted molar refractivity (Wildman–Crippen MR) is 79.8 cm³/mol. The molecule has 0 unspecified atom stereocenters. The Morgan fingerprint density at radius 1 is 1.30 bits per heavy atom. The second kappa shape index (κ2) is 5.29. The van der Waals surface area contributed by atoms with Gasteiger partial charge in [-0.25, -0.2) is 4.98 Å². The Kier molecular flexibility index (Phi) is 3.86. The quantitative estimate of drug-likeness (QED) is 0.931. The van der Waals surface area contributed by atoms with Gasteiger partial charge < -0.3 is 14.9 Å². The molecule has 0 amide bonds. The summed E-state index contributed by atoms with van der Waals surface area (Å²) in [5, 5.41) is 0. The van der Waals surface area contributed by atoms with E-state index >= 15 is 0 Å². The Hall–Kier alpha value is -1.81. The first kappa shape index (κ1) is 14.6. The van der Waals surface area contributed by atoms with Gasteiger partial charge in [0.05, 0.1) is 19.9 Å². The number of aromatic nitrogens is 1. The van der Waals surface area contributed by atoms with Crippen LogP contribution in [0.2, 0.25) is 0 Å². The van der Waals surface area contributed by atoms with Crippen LogP contribution < -0.4 is 10.5 Å². The maximum atomic E-state index is 5.66. The number of benzene rings is 1. The molecule has 4 heteroatoms. The maximum absolute atomic E-state index is 5.66. The van der Waals surface area contributed by atoms with E-state index in [-0.39, 0.29) is 5.41 Å². The third-order valence-electron chi connectivity index (χ3n) is 3.35. The van der Waals surface area contributed by atoms with E-state index in [2.05, 4.69) is 31.8 Å². The SMILES string of the molecule is COc1cc(C)c(-c2cnc(CN)o2)cc1C(C)(C)C. The third kappa shape index (κ3) is 2.70. The van der Waals surface area contributed by atoms with E-state index < -0.39 is 0 Å². The van der Waals surface area contributed by atoms with Gasteiger partial charge in [-0.1, -0.05) is 20.8 Å². The predicted octanol–water partition coefficient (Wildman–Crippen LogP) is 3.41. The molecule has 0 spiro atoms. The van der Waals surface area contributed by atoms with Gasteiger partial charge in [0, 0.05) is 11.1 Å². The van der Waals surface area contributed by atoms with Gasteiger partial charge in [0.1, 0.15) is 5.75 Å². The van der Waals surface area contributed by atoms with E-state index in [0.29, 0.717) is 12.4 Å². The molecule has 2 aromatic rings. The minimum absolute atomic E-state index is 0.00941. The second-order valence-corrected chi connectivity index (χ2v) is 5.94. The Balaban J connectivity index is 2.59. The van der Waals surface area contributed by atoms with Crippen LogP contribution in [0.1, 0.15) is 37.8 Å². The molecule has 20 heavy (non-hydrogen) atoms. The first-order chi connectivity index (χ1) is 9.36. The Morgan fingerprint density at radius 3 is 2.50 bits per heavy atom. The van der Waals surface area contributed by atoms with Crippen molar-refractivity contribution in [2.45, 2.75) is 39.7 Å². The Bertz CT molecular complexity index is 609. The fourth-order valence-corrected chi connectivity index (χ4v) is 2.23. The van der Waals surface area contributed by atoms with Crippen molar-refractivity contribution in [2.24, 2.45) is 5.73 Å². The number of hydrogen-bond donors (Lipinski definition) is 1. The zero-order valence-corrected chi connectivity index (χ0v) is 12.8. The maximum Gasteiger partial charge on any atom is 0.208 e. The van der Waals surface area contributed by atoms with Crippen molar-refractivity contribution in [3.63, 3.8) is 0 Å². The van der Waals surface area contributed by atoms with E-state index in [1.54, 1.807) is 13.3 Å².